The zero-order valence-corrected chi connectivity index (χ0v) is 10.3. The van der Waals surface area contributed by atoms with Crippen LogP contribution in [0.4, 0.5) is 0 Å². The van der Waals surface area contributed by atoms with Gasteiger partial charge in [0, 0.05) is 0 Å². The second kappa shape index (κ2) is 10.8. The highest BCUT2D eigenvalue weighted by molar-refractivity contribution is 7.91. The molecule has 0 aliphatic rings. The number of sulfone groups is 1. The SMILES string of the molecule is CCCCS(=O)(=O)CCCC.O=S=O. The average molecular weight is 242 g/mol. The first-order valence-corrected chi connectivity index (χ1v) is 7.15. The highest BCUT2D eigenvalue weighted by Crippen LogP contribution is 2.00. The van der Waals surface area contributed by atoms with E-state index in [0.29, 0.717) is 11.5 Å². The second-order valence-corrected chi connectivity index (χ2v) is 5.37. The van der Waals surface area contributed by atoms with Gasteiger partial charge in [-0.15, -0.1) is 0 Å². The van der Waals surface area contributed by atoms with Crippen molar-refractivity contribution in [1.82, 2.24) is 0 Å². The van der Waals surface area contributed by atoms with Crippen LogP contribution in [-0.2, 0) is 21.4 Å². The Hall–Kier alpha value is -0.230. The summed E-state index contributed by atoms with van der Waals surface area (Å²) in [5, 5.41) is 0. The predicted octanol–water partition coefficient (Wildman–Crippen LogP) is 1.33. The molecule has 0 unspecified atom stereocenters. The fraction of sp³-hybridized carbons (Fsp3) is 1.00. The molecule has 0 N–H and O–H groups in total. The molecule has 0 radical (unpaired) electrons. The van der Waals surface area contributed by atoms with Crippen LogP contribution in [0, 0.1) is 0 Å². The lowest BCUT2D eigenvalue weighted by molar-refractivity contribution is 0.589. The number of unbranched alkanes of at least 4 members (excludes halogenated alkanes) is 2. The molecule has 14 heavy (non-hydrogen) atoms. The van der Waals surface area contributed by atoms with Gasteiger partial charge in [-0.05, 0) is 12.8 Å². The van der Waals surface area contributed by atoms with Gasteiger partial charge in [-0.3, -0.25) is 0 Å². The average Bonchev–Trinajstić information content (AvgIpc) is 2.13. The zero-order chi connectivity index (χ0) is 11.4. The van der Waals surface area contributed by atoms with Crippen LogP contribution in [0.25, 0.3) is 0 Å². The largest absolute Gasteiger partial charge is 0.335 e. The summed E-state index contributed by atoms with van der Waals surface area (Å²) in [5.41, 5.74) is 0. The van der Waals surface area contributed by atoms with E-state index in [1.807, 2.05) is 13.8 Å². The third-order valence-electron chi connectivity index (χ3n) is 1.62. The van der Waals surface area contributed by atoms with Gasteiger partial charge < -0.3 is 0 Å². The molecule has 0 rings (SSSR count). The zero-order valence-electron chi connectivity index (χ0n) is 8.69. The van der Waals surface area contributed by atoms with Gasteiger partial charge in [-0.2, -0.15) is 8.42 Å². The third-order valence-corrected chi connectivity index (χ3v) is 3.44. The standard InChI is InChI=1S/C8H18O2S.O2S/c1-3-5-7-11(9,10)8-6-4-2;1-3-2/h3-8H2,1-2H3;. The Kier molecular flexibility index (Phi) is 12.6. The maximum atomic E-state index is 11.1. The summed E-state index contributed by atoms with van der Waals surface area (Å²) in [6.07, 6.45) is 3.55. The molecule has 0 heterocycles. The second-order valence-electron chi connectivity index (χ2n) is 2.93. The molecule has 6 heteroatoms. The monoisotopic (exact) mass is 242 g/mol. The molecule has 4 nitrogen and oxygen atoms in total. The smallest absolute Gasteiger partial charge is 0.229 e. The van der Waals surface area contributed by atoms with Crippen molar-refractivity contribution in [2.45, 2.75) is 39.5 Å². The summed E-state index contributed by atoms with van der Waals surface area (Å²) in [4.78, 5) is 0. The Bertz CT molecular complexity index is 226. The highest BCUT2D eigenvalue weighted by Gasteiger charge is 2.07. The number of hydrogen-bond donors (Lipinski definition) is 0. The quantitative estimate of drug-likeness (QED) is 0.704. The van der Waals surface area contributed by atoms with Crippen LogP contribution in [0.3, 0.4) is 0 Å². The van der Waals surface area contributed by atoms with E-state index in [1.165, 1.54) is 0 Å². The van der Waals surface area contributed by atoms with E-state index in [-0.39, 0.29) is 0 Å². The van der Waals surface area contributed by atoms with Crippen molar-refractivity contribution in [1.29, 1.82) is 0 Å². The topological polar surface area (TPSA) is 68.3 Å². The molecule has 0 saturated carbocycles. The molecule has 0 aliphatic carbocycles. The van der Waals surface area contributed by atoms with Gasteiger partial charge in [0.25, 0.3) is 0 Å². The van der Waals surface area contributed by atoms with Gasteiger partial charge in [-0.1, -0.05) is 26.7 Å². The molecule has 0 saturated heterocycles. The van der Waals surface area contributed by atoms with E-state index in [9.17, 15) is 8.42 Å². The van der Waals surface area contributed by atoms with Crippen LogP contribution in [0.15, 0.2) is 0 Å². The van der Waals surface area contributed by atoms with Crippen molar-refractivity contribution < 1.29 is 16.8 Å². The van der Waals surface area contributed by atoms with E-state index >= 15 is 0 Å². The molecular formula is C8H18O4S2. The maximum Gasteiger partial charge on any atom is 0.335 e. The number of hydrogen-bond acceptors (Lipinski definition) is 4. The van der Waals surface area contributed by atoms with Gasteiger partial charge in [-0.25, -0.2) is 8.42 Å². The van der Waals surface area contributed by atoms with Gasteiger partial charge in [0.15, 0.2) is 0 Å². The minimum Gasteiger partial charge on any atom is -0.229 e. The summed E-state index contributed by atoms with van der Waals surface area (Å²) in [6.45, 7) is 4.02. The number of rotatable bonds is 6. The van der Waals surface area contributed by atoms with Gasteiger partial charge in [0.05, 0.1) is 11.5 Å². The summed E-state index contributed by atoms with van der Waals surface area (Å²) in [7, 11) is -2.71. The molecule has 0 amide bonds. The van der Waals surface area contributed by atoms with Crippen molar-refractivity contribution in [3.63, 3.8) is 0 Å². The lowest BCUT2D eigenvalue weighted by atomic mass is 10.4. The van der Waals surface area contributed by atoms with E-state index in [1.54, 1.807) is 0 Å². The van der Waals surface area contributed by atoms with Gasteiger partial charge in [0.2, 0.25) is 0 Å². The first-order valence-electron chi connectivity index (χ1n) is 4.66. The van der Waals surface area contributed by atoms with Gasteiger partial charge in [0.1, 0.15) is 9.84 Å². The minimum absolute atomic E-state index is 0.378. The molecule has 0 atom stereocenters. The predicted molar refractivity (Wildman–Crippen MR) is 57.4 cm³/mol. The van der Waals surface area contributed by atoms with Crippen LogP contribution >= 0.6 is 0 Å². The van der Waals surface area contributed by atoms with E-state index in [0.717, 1.165) is 25.7 Å². The van der Waals surface area contributed by atoms with Crippen molar-refractivity contribution in [2.24, 2.45) is 0 Å². The van der Waals surface area contributed by atoms with Crippen LogP contribution in [0.2, 0.25) is 0 Å². The lowest BCUT2D eigenvalue weighted by Gasteiger charge is -2.00. The first-order chi connectivity index (χ1) is 6.54. The molecule has 0 aromatic rings. The Morgan fingerprint density at radius 3 is 1.43 bits per heavy atom. The maximum absolute atomic E-state index is 11.1. The molecular weight excluding hydrogens is 224 g/mol. The fourth-order valence-electron chi connectivity index (χ4n) is 0.831. The molecule has 86 valence electrons. The molecule has 0 aromatic heterocycles. The molecule has 0 spiro atoms. The summed E-state index contributed by atoms with van der Waals surface area (Å²) in [5.74, 6) is 0.757. The van der Waals surface area contributed by atoms with Crippen LogP contribution < -0.4 is 0 Å². The summed E-state index contributed by atoms with van der Waals surface area (Å²) in [6, 6.07) is 0. The van der Waals surface area contributed by atoms with E-state index in [4.69, 9.17) is 8.42 Å². The minimum atomic E-state index is -2.71. The van der Waals surface area contributed by atoms with E-state index in [2.05, 4.69) is 0 Å². The molecule has 0 bridgehead atoms. The van der Waals surface area contributed by atoms with E-state index < -0.39 is 21.4 Å². The summed E-state index contributed by atoms with van der Waals surface area (Å²) >= 11 is -0.750. The van der Waals surface area contributed by atoms with Crippen LogP contribution in [0.1, 0.15) is 39.5 Å². The molecule has 0 fully saturated rings. The fourth-order valence-corrected chi connectivity index (χ4v) is 2.49. The lowest BCUT2D eigenvalue weighted by Crippen LogP contribution is -2.10. The molecule has 0 aliphatic heterocycles. The van der Waals surface area contributed by atoms with Gasteiger partial charge >= 0.3 is 11.6 Å². The first kappa shape index (κ1) is 16.2. The van der Waals surface area contributed by atoms with Crippen molar-refractivity contribution in [3.05, 3.63) is 0 Å². The van der Waals surface area contributed by atoms with Crippen molar-refractivity contribution in [2.75, 3.05) is 11.5 Å². The highest BCUT2D eigenvalue weighted by atomic mass is 32.2. The van der Waals surface area contributed by atoms with Crippen LogP contribution in [0.5, 0.6) is 0 Å². The molecule has 0 aromatic carbocycles. The Labute approximate surface area is 89.6 Å². The Balaban J connectivity index is 0. The van der Waals surface area contributed by atoms with Crippen LogP contribution in [-0.4, -0.2) is 28.3 Å². The summed E-state index contributed by atoms with van der Waals surface area (Å²) < 4.78 is 38.9. The normalized spacial score (nSPS) is 10.1. The Morgan fingerprint density at radius 2 is 1.21 bits per heavy atom. The third kappa shape index (κ3) is 14.3. The van der Waals surface area contributed by atoms with Crippen molar-refractivity contribution in [3.8, 4) is 0 Å². The Morgan fingerprint density at radius 1 is 0.929 bits per heavy atom. The van der Waals surface area contributed by atoms with Crippen molar-refractivity contribution >= 4 is 21.4 Å².